The summed E-state index contributed by atoms with van der Waals surface area (Å²) in [5.41, 5.74) is 0.924. The maximum Gasteiger partial charge on any atom is 0.333 e. The Balaban J connectivity index is 1.29. The molecule has 0 radical (unpaired) electrons. The summed E-state index contributed by atoms with van der Waals surface area (Å²) in [4.78, 5) is 46.0. The highest BCUT2D eigenvalue weighted by atomic mass is 35.5. The average Bonchev–Trinajstić information content (AvgIpc) is 3.25. The standard InChI is InChI=1S/C29H29ClF2N6O4/c1-16(39)27(40)36-24-11-10-20(14-33-24)38-23-5-3-2-4-22(23)37(29(38)42)15-17-6-8-19(9-7-17)35-28(41)21-12-18(30)13-34-25(21)26(31)32/h2-5,10-14,16-17,19,26,39H,6-9,15H2,1H3,(H,35,41)(H,33,36,40)/t16-,17-,19-/m1/s1. The minimum Gasteiger partial charge on any atom is -0.384 e. The molecule has 1 aliphatic rings. The number of aliphatic hydroxyl groups excluding tert-OH is 1. The SMILES string of the molecule is C[C@@H](O)C(=O)Nc1ccc(-n2c(=O)n(C[C@H]3CC[C@H](NC(=O)c4cc(Cl)cnc4C(F)F)CC3)c3ccccc32)cn1. The van der Waals surface area contributed by atoms with Crippen LogP contribution in [0.4, 0.5) is 14.6 Å². The summed E-state index contributed by atoms with van der Waals surface area (Å²) in [6, 6.07) is 11.7. The molecule has 1 fully saturated rings. The Bertz CT molecular complexity index is 1660. The van der Waals surface area contributed by atoms with Gasteiger partial charge >= 0.3 is 5.69 Å². The van der Waals surface area contributed by atoms with Crippen molar-refractivity contribution >= 4 is 40.3 Å². The summed E-state index contributed by atoms with van der Waals surface area (Å²) in [6.45, 7) is 1.82. The number of fused-ring (bicyclic) bond motifs is 1. The zero-order chi connectivity index (χ0) is 30.0. The molecule has 1 atom stereocenters. The topological polar surface area (TPSA) is 131 Å². The van der Waals surface area contributed by atoms with E-state index in [0.717, 1.165) is 24.6 Å². The van der Waals surface area contributed by atoms with Gasteiger partial charge in [-0.3, -0.25) is 23.7 Å². The molecular formula is C29H29ClF2N6O4. The Morgan fingerprint density at radius 3 is 2.43 bits per heavy atom. The first-order valence-electron chi connectivity index (χ1n) is 13.5. The number of aliphatic hydroxyl groups is 1. The van der Waals surface area contributed by atoms with Gasteiger partial charge in [-0.2, -0.15) is 0 Å². The number of para-hydroxylation sites is 2. The Hall–Kier alpha value is -4.16. The van der Waals surface area contributed by atoms with Crippen molar-refractivity contribution in [2.24, 2.45) is 5.92 Å². The molecule has 3 aromatic heterocycles. The van der Waals surface area contributed by atoms with E-state index in [4.69, 9.17) is 11.6 Å². The molecule has 0 spiro atoms. The Labute approximate surface area is 244 Å². The lowest BCUT2D eigenvalue weighted by atomic mass is 9.85. The zero-order valence-electron chi connectivity index (χ0n) is 22.6. The average molecular weight is 599 g/mol. The van der Waals surface area contributed by atoms with E-state index in [1.165, 1.54) is 19.2 Å². The van der Waals surface area contributed by atoms with Crippen molar-refractivity contribution in [1.29, 1.82) is 0 Å². The number of benzene rings is 1. The molecule has 220 valence electrons. The molecule has 10 nitrogen and oxygen atoms in total. The number of nitrogens with zero attached hydrogens (tertiary/aromatic N) is 4. The van der Waals surface area contributed by atoms with Gasteiger partial charge in [0.05, 0.1) is 33.5 Å². The van der Waals surface area contributed by atoms with Crippen LogP contribution in [0.15, 0.2) is 59.7 Å². The highest BCUT2D eigenvalue weighted by Gasteiger charge is 2.27. The summed E-state index contributed by atoms with van der Waals surface area (Å²) in [5, 5.41) is 14.9. The largest absolute Gasteiger partial charge is 0.384 e. The summed E-state index contributed by atoms with van der Waals surface area (Å²) in [5.74, 6) is -0.802. The number of halogens is 3. The number of carbonyl (C=O) groups is 2. The monoisotopic (exact) mass is 598 g/mol. The third-order valence-corrected chi connectivity index (χ3v) is 7.64. The molecule has 0 saturated heterocycles. The van der Waals surface area contributed by atoms with Gasteiger partial charge in [0.2, 0.25) is 0 Å². The molecule has 1 saturated carbocycles. The molecule has 5 rings (SSSR count). The van der Waals surface area contributed by atoms with E-state index in [0.29, 0.717) is 30.6 Å². The number of nitrogens with one attached hydrogen (secondary N) is 2. The van der Waals surface area contributed by atoms with Gasteiger partial charge in [0, 0.05) is 18.8 Å². The fraction of sp³-hybridized carbons (Fsp3) is 0.345. The molecule has 4 aromatic rings. The molecular weight excluding hydrogens is 570 g/mol. The van der Waals surface area contributed by atoms with Crippen molar-refractivity contribution < 1.29 is 23.5 Å². The molecule has 0 bridgehead atoms. The van der Waals surface area contributed by atoms with E-state index < -0.39 is 30.0 Å². The Kier molecular flexibility index (Phi) is 8.64. The van der Waals surface area contributed by atoms with Crippen molar-refractivity contribution in [3.63, 3.8) is 0 Å². The summed E-state index contributed by atoms with van der Waals surface area (Å²) >= 11 is 5.89. The van der Waals surface area contributed by atoms with E-state index in [2.05, 4.69) is 20.6 Å². The summed E-state index contributed by atoms with van der Waals surface area (Å²) in [6.07, 6.45) is 1.21. The van der Waals surface area contributed by atoms with Crippen LogP contribution in [-0.4, -0.2) is 48.2 Å². The van der Waals surface area contributed by atoms with Gasteiger partial charge in [-0.1, -0.05) is 23.7 Å². The van der Waals surface area contributed by atoms with Gasteiger partial charge in [-0.15, -0.1) is 0 Å². The van der Waals surface area contributed by atoms with Crippen molar-refractivity contribution in [3.05, 3.63) is 81.6 Å². The third kappa shape index (κ3) is 6.19. The van der Waals surface area contributed by atoms with Crippen LogP contribution >= 0.6 is 11.6 Å². The number of carbonyl (C=O) groups excluding carboxylic acids is 2. The van der Waals surface area contributed by atoms with Crippen molar-refractivity contribution in [2.75, 3.05) is 5.32 Å². The van der Waals surface area contributed by atoms with Crippen LogP contribution in [0.5, 0.6) is 0 Å². The van der Waals surface area contributed by atoms with Gasteiger partial charge in [0.1, 0.15) is 17.6 Å². The summed E-state index contributed by atoms with van der Waals surface area (Å²) < 4.78 is 30.0. The lowest BCUT2D eigenvalue weighted by Gasteiger charge is -2.29. The second kappa shape index (κ2) is 12.4. The predicted molar refractivity (Wildman–Crippen MR) is 153 cm³/mol. The van der Waals surface area contributed by atoms with Gasteiger partial charge in [-0.05, 0) is 68.9 Å². The van der Waals surface area contributed by atoms with Gasteiger partial charge in [0.25, 0.3) is 18.2 Å². The fourth-order valence-electron chi connectivity index (χ4n) is 5.27. The normalized spacial score (nSPS) is 17.8. The lowest BCUT2D eigenvalue weighted by Crippen LogP contribution is -2.39. The highest BCUT2D eigenvalue weighted by Crippen LogP contribution is 2.29. The number of pyridine rings is 2. The number of alkyl halides is 2. The molecule has 42 heavy (non-hydrogen) atoms. The van der Waals surface area contributed by atoms with Crippen LogP contribution in [0.1, 0.15) is 55.1 Å². The van der Waals surface area contributed by atoms with Gasteiger partial charge < -0.3 is 15.7 Å². The van der Waals surface area contributed by atoms with Crippen LogP contribution < -0.4 is 16.3 Å². The molecule has 2 amide bonds. The minimum absolute atomic E-state index is 0.104. The molecule has 3 heterocycles. The number of rotatable bonds is 8. The number of hydrogen-bond donors (Lipinski definition) is 3. The smallest absolute Gasteiger partial charge is 0.333 e. The fourth-order valence-corrected chi connectivity index (χ4v) is 5.43. The van der Waals surface area contributed by atoms with Crippen LogP contribution in [0.25, 0.3) is 16.7 Å². The van der Waals surface area contributed by atoms with Crippen molar-refractivity contribution in [3.8, 4) is 5.69 Å². The van der Waals surface area contributed by atoms with E-state index >= 15 is 0 Å². The Morgan fingerprint density at radius 1 is 1.07 bits per heavy atom. The Morgan fingerprint density at radius 2 is 1.79 bits per heavy atom. The van der Waals surface area contributed by atoms with Gasteiger partial charge in [0.15, 0.2) is 0 Å². The van der Waals surface area contributed by atoms with Crippen LogP contribution in [0.2, 0.25) is 5.02 Å². The molecule has 3 N–H and O–H groups in total. The van der Waals surface area contributed by atoms with Crippen LogP contribution in [0, 0.1) is 5.92 Å². The van der Waals surface area contributed by atoms with Crippen molar-refractivity contribution in [1.82, 2.24) is 24.4 Å². The number of amides is 2. The second-order valence-corrected chi connectivity index (χ2v) is 10.8. The first-order valence-corrected chi connectivity index (χ1v) is 13.9. The predicted octanol–water partition coefficient (Wildman–Crippen LogP) is 4.48. The minimum atomic E-state index is -2.90. The van der Waals surface area contributed by atoms with E-state index in [-0.39, 0.29) is 34.1 Å². The first kappa shape index (κ1) is 29.3. The first-order chi connectivity index (χ1) is 20.1. The van der Waals surface area contributed by atoms with E-state index in [1.54, 1.807) is 21.3 Å². The number of hydrogen-bond acceptors (Lipinski definition) is 6. The van der Waals surface area contributed by atoms with Crippen molar-refractivity contribution in [2.45, 2.75) is 57.7 Å². The molecule has 1 aromatic carbocycles. The zero-order valence-corrected chi connectivity index (χ0v) is 23.4. The molecule has 0 aliphatic heterocycles. The quantitative estimate of drug-likeness (QED) is 0.274. The maximum absolute atomic E-state index is 13.7. The number of aromatic nitrogens is 4. The maximum atomic E-state index is 13.7. The second-order valence-electron chi connectivity index (χ2n) is 10.4. The van der Waals surface area contributed by atoms with E-state index in [9.17, 15) is 28.3 Å². The molecule has 0 unspecified atom stereocenters. The van der Waals surface area contributed by atoms with Crippen LogP contribution in [0.3, 0.4) is 0 Å². The van der Waals surface area contributed by atoms with E-state index in [1.807, 2.05) is 24.3 Å². The molecule has 1 aliphatic carbocycles. The number of imidazole rings is 1. The summed E-state index contributed by atoms with van der Waals surface area (Å²) in [7, 11) is 0. The lowest BCUT2D eigenvalue weighted by molar-refractivity contribution is -0.123. The third-order valence-electron chi connectivity index (χ3n) is 7.43. The highest BCUT2D eigenvalue weighted by molar-refractivity contribution is 6.30. The van der Waals surface area contributed by atoms with Crippen LogP contribution in [-0.2, 0) is 11.3 Å². The molecule has 13 heteroatoms. The van der Waals surface area contributed by atoms with Gasteiger partial charge in [-0.25, -0.2) is 18.6 Å². The number of anilines is 1.